The van der Waals surface area contributed by atoms with E-state index < -0.39 is 10.0 Å². The van der Waals surface area contributed by atoms with E-state index in [-0.39, 0.29) is 23.9 Å². The van der Waals surface area contributed by atoms with Gasteiger partial charge in [-0.1, -0.05) is 12.1 Å². The molecular weight excluding hydrogens is 448 g/mol. The maximum absolute atomic E-state index is 12.3. The number of hydrogen-bond acceptors (Lipinski definition) is 7. The van der Waals surface area contributed by atoms with Gasteiger partial charge in [0, 0.05) is 37.6 Å². The van der Waals surface area contributed by atoms with Crippen molar-refractivity contribution in [1.82, 2.24) is 9.88 Å². The molecule has 2 fully saturated rings. The summed E-state index contributed by atoms with van der Waals surface area (Å²) in [6, 6.07) is 7.14. The lowest BCUT2D eigenvalue weighted by Gasteiger charge is -2.34. The van der Waals surface area contributed by atoms with Gasteiger partial charge in [0.05, 0.1) is 29.3 Å². The lowest BCUT2D eigenvalue weighted by atomic mass is 10.2. The van der Waals surface area contributed by atoms with Gasteiger partial charge in [-0.3, -0.25) is 19.3 Å². The smallest absolute Gasteiger partial charge is 0.250 e. The summed E-state index contributed by atoms with van der Waals surface area (Å²) in [6.45, 7) is 7.13. The fourth-order valence-corrected chi connectivity index (χ4v) is 6.35. The third-order valence-electron chi connectivity index (χ3n) is 5.37. The number of nitrogens with zero attached hydrogens (tertiary/aromatic N) is 3. The van der Waals surface area contributed by atoms with Crippen LogP contribution in [0.5, 0.6) is 0 Å². The number of thiazole rings is 1. The Hall–Kier alpha value is -2.27. The van der Waals surface area contributed by atoms with E-state index in [2.05, 4.69) is 29.0 Å². The Bertz CT molecular complexity index is 1070. The van der Waals surface area contributed by atoms with Crippen LogP contribution in [-0.4, -0.2) is 61.8 Å². The lowest BCUT2D eigenvalue weighted by Crippen LogP contribution is -2.44. The Morgan fingerprint density at radius 2 is 1.97 bits per heavy atom. The maximum Gasteiger partial charge on any atom is 0.250 e. The first-order valence-electron chi connectivity index (χ1n) is 10.7. The number of carbonyl (C=O) groups excluding carboxylic acids is 1. The van der Waals surface area contributed by atoms with Crippen LogP contribution in [0.1, 0.15) is 31.5 Å². The number of amides is 1. The Kier molecular flexibility index (Phi) is 6.94. The average molecular weight is 477 g/mol. The van der Waals surface area contributed by atoms with Crippen LogP contribution < -0.4 is 9.62 Å². The van der Waals surface area contributed by atoms with Gasteiger partial charge in [-0.2, -0.15) is 0 Å². The van der Waals surface area contributed by atoms with Gasteiger partial charge in [-0.25, -0.2) is 13.4 Å². The van der Waals surface area contributed by atoms with Crippen molar-refractivity contribution in [2.75, 3.05) is 35.0 Å². The highest BCUT2D eigenvalue weighted by atomic mass is 32.2. The number of aromatic nitrogens is 1. The summed E-state index contributed by atoms with van der Waals surface area (Å²) in [7, 11) is -3.19. The van der Waals surface area contributed by atoms with E-state index in [1.807, 2.05) is 5.38 Å². The zero-order valence-electron chi connectivity index (χ0n) is 18.2. The largest absolute Gasteiger partial charge is 0.373 e. The zero-order chi connectivity index (χ0) is 22.7. The SMILES string of the molecule is CC1CN(Cc2csc(NC(=O)/C=C/c3ccc(N4CCCS4(=O)=O)cc3)n2)CC(C)O1. The maximum atomic E-state index is 12.3. The Balaban J connectivity index is 1.30. The summed E-state index contributed by atoms with van der Waals surface area (Å²) < 4.78 is 31.2. The van der Waals surface area contributed by atoms with Crippen LogP contribution in [0.25, 0.3) is 6.08 Å². The molecule has 1 amide bonds. The highest BCUT2D eigenvalue weighted by Gasteiger charge is 2.28. The number of hydrogen-bond donors (Lipinski definition) is 1. The second-order valence-electron chi connectivity index (χ2n) is 8.25. The first-order valence-corrected chi connectivity index (χ1v) is 13.2. The van der Waals surface area contributed by atoms with Gasteiger partial charge in [0.1, 0.15) is 0 Å². The van der Waals surface area contributed by atoms with E-state index in [1.165, 1.54) is 21.7 Å². The number of ether oxygens (including phenoxy) is 1. The summed E-state index contributed by atoms with van der Waals surface area (Å²) in [5, 5.41) is 5.34. The highest BCUT2D eigenvalue weighted by Crippen LogP contribution is 2.24. The van der Waals surface area contributed by atoms with E-state index in [4.69, 9.17) is 4.74 Å². The van der Waals surface area contributed by atoms with Gasteiger partial charge in [0.25, 0.3) is 0 Å². The number of carbonyl (C=O) groups is 1. The third-order valence-corrected chi connectivity index (χ3v) is 8.05. The van der Waals surface area contributed by atoms with Crippen LogP contribution in [-0.2, 0) is 26.1 Å². The monoisotopic (exact) mass is 476 g/mol. The van der Waals surface area contributed by atoms with E-state index >= 15 is 0 Å². The zero-order valence-corrected chi connectivity index (χ0v) is 19.9. The van der Waals surface area contributed by atoms with Crippen molar-refractivity contribution < 1.29 is 17.9 Å². The predicted octanol–water partition coefficient (Wildman–Crippen LogP) is 2.94. The van der Waals surface area contributed by atoms with Crippen LogP contribution in [0.15, 0.2) is 35.7 Å². The second kappa shape index (κ2) is 9.70. The van der Waals surface area contributed by atoms with E-state index in [0.717, 1.165) is 30.9 Å². The van der Waals surface area contributed by atoms with E-state index in [0.29, 0.717) is 23.8 Å². The Morgan fingerprint density at radius 3 is 2.62 bits per heavy atom. The molecule has 172 valence electrons. The molecule has 32 heavy (non-hydrogen) atoms. The third kappa shape index (κ3) is 5.74. The number of morpholine rings is 1. The van der Waals surface area contributed by atoms with Crippen molar-refractivity contribution in [2.24, 2.45) is 0 Å². The average Bonchev–Trinajstić information content (AvgIpc) is 3.31. The Morgan fingerprint density at radius 1 is 1.25 bits per heavy atom. The van der Waals surface area contributed by atoms with Crippen LogP contribution in [0, 0.1) is 0 Å². The quantitative estimate of drug-likeness (QED) is 0.645. The molecule has 1 aromatic heterocycles. The molecule has 4 rings (SSSR count). The number of nitrogens with one attached hydrogen (secondary N) is 1. The van der Waals surface area contributed by atoms with Gasteiger partial charge in [0.2, 0.25) is 15.9 Å². The van der Waals surface area contributed by atoms with Crippen molar-refractivity contribution >= 4 is 44.2 Å². The van der Waals surface area contributed by atoms with Crippen molar-refractivity contribution in [3.05, 3.63) is 47.0 Å². The van der Waals surface area contributed by atoms with Crippen LogP contribution in [0.4, 0.5) is 10.8 Å². The molecule has 1 N–H and O–H groups in total. The molecule has 0 radical (unpaired) electrons. The molecule has 2 atom stereocenters. The first kappa shape index (κ1) is 22.9. The van der Waals surface area contributed by atoms with Crippen molar-refractivity contribution in [1.29, 1.82) is 0 Å². The molecule has 10 heteroatoms. The molecule has 0 spiro atoms. The van der Waals surface area contributed by atoms with E-state index in [9.17, 15) is 13.2 Å². The number of anilines is 2. The van der Waals surface area contributed by atoms with Gasteiger partial charge in [-0.15, -0.1) is 11.3 Å². The van der Waals surface area contributed by atoms with E-state index in [1.54, 1.807) is 30.3 Å². The number of sulfonamides is 1. The molecule has 0 aliphatic carbocycles. The minimum absolute atomic E-state index is 0.192. The number of rotatable bonds is 6. The fourth-order valence-electron chi connectivity index (χ4n) is 4.08. The lowest BCUT2D eigenvalue weighted by molar-refractivity contribution is -0.111. The van der Waals surface area contributed by atoms with Crippen LogP contribution >= 0.6 is 11.3 Å². The Labute approximate surface area is 192 Å². The van der Waals surface area contributed by atoms with Crippen LogP contribution in [0.2, 0.25) is 0 Å². The first-order chi connectivity index (χ1) is 15.3. The normalized spacial score (nSPS) is 23.6. The minimum Gasteiger partial charge on any atom is -0.373 e. The molecule has 2 aromatic rings. The standard InChI is InChI=1S/C22H28N4O4S2/c1-16-12-25(13-17(2)30-16)14-19-15-31-22(23-19)24-21(27)9-6-18-4-7-20(8-5-18)26-10-3-11-32(26,28)29/h4-9,15-17H,3,10-14H2,1-2H3,(H,23,24,27)/b9-6+. The molecule has 3 heterocycles. The molecule has 0 saturated carbocycles. The molecule has 2 saturated heterocycles. The van der Waals surface area contributed by atoms with Crippen molar-refractivity contribution in [2.45, 2.75) is 39.0 Å². The summed E-state index contributed by atoms with van der Waals surface area (Å²) in [4.78, 5) is 19.1. The van der Waals surface area contributed by atoms with Gasteiger partial charge < -0.3 is 4.74 Å². The highest BCUT2D eigenvalue weighted by molar-refractivity contribution is 7.93. The molecule has 2 aliphatic rings. The summed E-state index contributed by atoms with van der Waals surface area (Å²) in [5.41, 5.74) is 2.40. The molecular formula is C22H28N4O4S2. The van der Waals surface area contributed by atoms with Crippen molar-refractivity contribution in [3.63, 3.8) is 0 Å². The summed E-state index contributed by atoms with van der Waals surface area (Å²) in [6.07, 6.45) is 4.20. The molecule has 2 unspecified atom stereocenters. The molecule has 1 aromatic carbocycles. The fraction of sp³-hybridized carbons (Fsp3) is 0.455. The second-order valence-corrected chi connectivity index (χ2v) is 11.1. The predicted molar refractivity (Wildman–Crippen MR) is 127 cm³/mol. The van der Waals surface area contributed by atoms with Gasteiger partial charge >= 0.3 is 0 Å². The summed E-state index contributed by atoms with van der Waals surface area (Å²) >= 11 is 1.41. The summed E-state index contributed by atoms with van der Waals surface area (Å²) in [5.74, 6) is -0.0662. The van der Waals surface area contributed by atoms with Crippen LogP contribution in [0.3, 0.4) is 0 Å². The van der Waals surface area contributed by atoms with Gasteiger partial charge in [0.15, 0.2) is 5.13 Å². The topological polar surface area (TPSA) is 91.8 Å². The van der Waals surface area contributed by atoms with Gasteiger partial charge in [-0.05, 0) is 44.0 Å². The minimum atomic E-state index is -3.19. The van der Waals surface area contributed by atoms with Crippen molar-refractivity contribution in [3.8, 4) is 0 Å². The molecule has 0 bridgehead atoms. The number of benzene rings is 1. The molecule has 2 aliphatic heterocycles. The molecule has 8 nitrogen and oxygen atoms in total.